The minimum absolute atomic E-state index is 0.138. The van der Waals surface area contributed by atoms with Crippen molar-refractivity contribution in [3.8, 4) is 28.3 Å². The van der Waals surface area contributed by atoms with Crippen LogP contribution in [0.1, 0.15) is 28.5 Å². The molecule has 0 atom stereocenters. The van der Waals surface area contributed by atoms with E-state index in [1.807, 2.05) is 75.4 Å². The number of benzene rings is 3. The highest BCUT2D eigenvalue weighted by Gasteiger charge is 2.24. The molecule has 0 aliphatic rings. The molecule has 0 aliphatic heterocycles. The van der Waals surface area contributed by atoms with Gasteiger partial charge in [0.05, 0.1) is 25.6 Å². The number of carbonyl (C=O) groups is 2. The molecule has 0 unspecified atom stereocenters. The molecule has 0 radical (unpaired) electrons. The van der Waals surface area contributed by atoms with Crippen LogP contribution in [0, 0.1) is 13.8 Å². The average molecular weight is 513 g/mol. The van der Waals surface area contributed by atoms with Crippen LogP contribution in [-0.4, -0.2) is 53.8 Å². The Labute approximate surface area is 222 Å². The number of ether oxygens (including phenoxy) is 2. The number of carbonyl (C=O) groups excluding carboxylic acids is 2. The molecule has 196 valence electrons. The third-order valence-corrected chi connectivity index (χ3v) is 6.33. The molecule has 38 heavy (non-hydrogen) atoms. The van der Waals surface area contributed by atoms with Gasteiger partial charge in [0.15, 0.2) is 0 Å². The Morgan fingerprint density at radius 3 is 2.16 bits per heavy atom. The SMILES string of the molecule is CCN(CC(=O)Nc1c(-c2ccccc2)c(C)nn1-c1ccccc1C)C(=O)c1cc(OC)cc(OC)c1. The number of hydrogen-bond acceptors (Lipinski definition) is 5. The smallest absolute Gasteiger partial charge is 0.254 e. The summed E-state index contributed by atoms with van der Waals surface area (Å²) in [5.74, 6) is 0.921. The molecule has 0 saturated heterocycles. The Morgan fingerprint density at radius 1 is 0.921 bits per heavy atom. The number of nitrogens with zero attached hydrogens (tertiary/aromatic N) is 3. The molecule has 4 aromatic rings. The molecule has 0 bridgehead atoms. The second kappa shape index (κ2) is 11.6. The minimum atomic E-state index is -0.332. The number of aryl methyl sites for hydroxylation is 2. The van der Waals surface area contributed by atoms with E-state index in [9.17, 15) is 9.59 Å². The Balaban J connectivity index is 1.67. The molecule has 1 aromatic heterocycles. The Morgan fingerprint density at radius 2 is 1.55 bits per heavy atom. The van der Waals surface area contributed by atoms with Crippen molar-refractivity contribution < 1.29 is 19.1 Å². The molecule has 1 heterocycles. The molecule has 0 saturated carbocycles. The van der Waals surface area contributed by atoms with Crippen molar-refractivity contribution in [1.29, 1.82) is 0 Å². The van der Waals surface area contributed by atoms with Gasteiger partial charge in [-0.1, -0.05) is 48.5 Å². The van der Waals surface area contributed by atoms with Gasteiger partial charge in [0.2, 0.25) is 5.91 Å². The molecule has 3 aromatic carbocycles. The standard InChI is InChI=1S/C30H32N4O4/c1-6-33(30(36)23-16-24(37-4)18-25(17-23)38-5)19-27(35)31-29-28(22-13-8-7-9-14-22)21(3)32-34(29)26-15-11-10-12-20(26)2/h7-18H,6,19H2,1-5H3,(H,31,35). The summed E-state index contributed by atoms with van der Waals surface area (Å²) in [4.78, 5) is 28.3. The van der Waals surface area contributed by atoms with Gasteiger partial charge in [-0.05, 0) is 50.1 Å². The number of likely N-dealkylation sites (N-methyl/N-ethyl adjacent to an activating group) is 1. The fourth-order valence-corrected chi connectivity index (χ4v) is 4.35. The van der Waals surface area contributed by atoms with Gasteiger partial charge in [-0.3, -0.25) is 9.59 Å². The van der Waals surface area contributed by atoms with E-state index in [1.165, 1.54) is 19.1 Å². The third-order valence-electron chi connectivity index (χ3n) is 6.33. The summed E-state index contributed by atoms with van der Waals surface area (Å²) in [5, 5.41) is 7.84. The predicted molar refractivity (Wildman–Crippen MR) is 148 cm³/mol. The molecule has 0 fully saturated rings. The molecular weight excluding hydrogens is 480 g/mol. The van der Waals surface area contributed by atoms with Crippen LogP contribution in [0.3, 0.4) is 0 Å². The quantitative estimate of drug-likeness (QED) is 0.330. The van der Waals surface area contributed by atoms with Gasteiger partial charge in [0.1, 0.15) is 23.9 Å². The van der Waals surface area contributed by atoms with E-state index in [4.69, 9.17) is 14.6 Å². The Bertz CT molecular complexity index is 1420. The number of rotatable bonds is 9. The summed E-state index contributed by atoms with van der Waals surface area (Å²) in [6, 6.07) is 22.6. The predicted octanol–water partition coefficient (Wildman–Crippen LogP) is 5.27. The zero-order valence-electron chi connectivity index (χ0n) is 22.3. The highest BCUT2D eigenvalue weighted by molar-refractivity contribution is 6.01. The van der Waals surface area contributed by atoms with E-state index in [0.717, 1.165) is 28.1 Å². The van der Waals surface area contributed by atoms with E-state index in [1.54, 1.807) is 22.9 Å². The summed E-state index contributed by atoms with van der Waals surface area (Å²) in [6.45, 7) is 5.96. The number of methoxy groups -OCH3 is 2. The van der Waals surface area contributed by atoms with Gasteiger partial charge in [-0.25, -0.2) is 4.68 Å². The summed E-state index contributed by atoms with van der Waals surface area (Å²) >= 11 is 0. The summed E-state index contributed by atoms with van der Waals surface area (Å²) < 4.78 is 12.4. The van der Waals surface area contributed by atoms with Gasteiger partial charge in [0.25, 0.3) is 5.91 Å². The van der Waals surface area contributed by atoms with Crippen LogP contribution in [0.25, 0.3) is 16.8 Å². The summed E-state index contributed by atoms with van der Waals surface area (Å²) in [5.41, 5.74) is 4.80. The molecule has 2 amide bonds. The maximum absolute atomic E-state index is 13.4. The average Bonchev–Trinajstić information content (AvgIpc) is 3.26. The lowest BCUT2D eigenvalue weighted by Crippen LogP contribution is -2.38. The van der Waals surface area contributed by atoms with E-state index < -0.39 is 0 Å². The first-order valence-electron chi connectivity index (χ1n) is 12.4. The van der Waals surface area contributed by atoms with Gasteiger partial charge in [-0.15, -0.1) is 0 Å². The van der Waals surface area contributed by atoms with Crippen LogP contribution in [0.5, 0.6) is 11.5 Å². The van der Waals surface area contributed by atoms with Crippen LogP contribution < -0.4 is 14.8 Å². The summed E-state index contributed by atoms with van der Waals surface area (Å²) in [6.07, 6.45) is 0. The number of aromatic nitrogens is 2. The number of hydrogen-bond donors (Lipinski definition) is 1. The highest BCUT2D eigenvalue weighted by atomic mass is 16.5. The first kappa shape index (κ1) is 26.5. The molecule has 8 heteroatoms. The number of para-hydroxylation sites is 1. The Kier molecular flexibility index (Phi) is 8.11. The monoisotopic (exact) mass is 512 g/mol. The first-order valence-corrected chi connectivity index (χ1v) is 12.4. The van der Waals surface area contributed by atoms with Gasteiger partial charge in [-0.2, -0.15) is 5.10 Å². The second-order valence-electron chi connectivity index (χ2n) is 8.84. The van der Waals surface area contributed by atoms with Crippen molar-refractivity contribution in [1.82, 2.24) is 14.7 Å². The van der Waals surface area contributed by atoms with E-state index in [0.29, 0.717) is 29.4 Å². The summed E-state index contributed by atoms with van der Waals surface area (Å²) in [7, 11) is 3.05. The molecule has 8 nitrogen and oxygen atoms in total. The van der Waals surface area contributed by atoms with Crippen LogP contribution in [0.15, 0.2) is 72.8 Å². The Hall–Kier alpha value is -4.59. The van der Waals surface area contributed by atoms with Crippen molar-refractivity contribution in [3.05, 3.63) is 89.6 Å². The normalized spacial score (nSPS) is 10.7. The zero-order valence-corrected chi connectivity index (χ0v) is 22.3. The van der Waals surface area contributed by atoms with Crippen molar-refractivity contribution in [2.45, 2.75) is 20.8 Å². The lowest BCUT2D eigenvalue weighted by atomic mass is 10.1. The van der Waals surface area contributed by atoms with Crippen LogP contribution in [0.4, 0.5) is 5.82 Å². The molecular formula is C30H32N4O4. The fourth-order valence-electron chi connectivity index (χ4n) is 4.35. The van der Waals surface area contributed by atoms with Crippen LogP contribution in [-0.2, 0) is 4.79 Å². The lowest BCUT2D eigenvalue weighted by Gasteiger charge is -2.21. The second-order valence-corrected chi connectivity index (χ2v) is 8.84. The molecule has 4 rings (SSSR count). The maximum Gasteiger partial charge on any atom is 0.254 e. The van der Waals surface area contributed by atoms with Crippen molar-refractivity contribution in [2.75, 3.05) is 32.6 Å². The topological polar surface area (TPSA) is 85.7 Å². The van der Waals surface area contributed by atoms with E-state index in [-0.39, 0.29) is 18.4 Å². The van der Waals surface area contributed by atoms with Crippen LogP contribution in [0.2, 0.25) is 0 Å². The first-order chi connectivity index (χ1) is 18.4. The number of amides is 2. The third kappa shape index (κ3) is 5.54. The lowest BCUT2D eigenvalue weighted by molar-refractivity contribution is -0.116. The van der Waals surface area contributed by atoms with Crippen molar-refractivity contribution in [2.24, 2.45) is 0 Å². The van der Waals surface area contributed by atoms with Gasteiger partial charge >= 0.3 is 0 Å². The van der Waals surface area contributed by atoms with Crippen molar-refractivity contribution >= 4 is 17.6 Å². The fraction of sp³-hybridized carbons (Fsp3) is 0.233. The minimum Gasteiger partial charge on any atom is -0.497 e. The zero-order chi connectivity index (χ0) is 27.2. The molecule has 0 spiro atoms. The van der Waals surface area contributed by atoms with Gasteiger partial charge < -0.3 is 19.7 Å². The van der Waals surface area contributed by atoms with Gasteiger partial charge in [0, 0.05) is 23.7 Å². The van der Waals surface area contributed by atoms with E-state index in [2.05, 4.69) is 5.32 Å². The number of nitrogens with one attached hydrogen (secondary N) is 1. The maximum atomic E-state index is 13.4. The van der Waals surface area contributed by atoms with Crippen molar-refractivity contribution in [3.63, 3.8) is 0 Å². The number of anilines is 1. The van der Waals surface area contributed by atoms with Crippen LogP contribution >= 0.6 is 0 Å². The highest BCUT2D eigenvalue weighted by Crippen LogP contribution is 2.34. The molecule has 1 N–H and O–H groups in total. The molecule has 0 aliphatic carbocycles. The largest absolute Gasteiger partial charge is 0.497 e. The van der Waals surface area contributed by atoms with E-state index >= 15 is 0 Å².